The van der Waals surface area contributed by atoms with E-state index in [0.717, 1.165) is 16.7 Å². The van der Waals surface area contributed by atoms with Gasteiger partial charge in [0.25, 0.3) is 0 Å². The van der Waals surface area contributed by atoms with Crippen molar-refractivity contribution in [2.45, 2.75) is 13.3 Å². The maximum absolute atomic E-state index is 9.78. The molecule has 2 rings (SSSR count). The Bertz CT molecular complexity index is 530. The predicted molar refractivity (Wildman–Crippen MR) is 66.3 cm³/mol. The van der Waals surface area contributed by atoms with Crippen molar-refractivity contribution in [2.24, 2.45) is 0 Å². The van der Waals surface area contributed by atoms with E-state index in [1.54, 1.807) is 30.3 Å². The van der Waals surface area contributed by atoms with Gasteiger partial charge in [0.15, 0.2) is 0 Å². The van der Waals surface area contributed by atoms with Crippen LogP contribution in [0.1, 0.15) is 12.5 Å². The molecule has 3 heteroatoms. The van der Waals surface area contributed by atoms with Gasteiger partial charge in [-0.1, -0.05) is 19.1 Å². The van der Waals surface area contributed by atoms with Gasteiger partial charge < -0.3 is 15.3 Å². The fraction of sp³-hybridized carbons (Fsp3) is 0.143. The lowest BCUT2D eigenvalue weighted by molar-refractivity contribution is 0.447. The van der Waals surface area contributed by atoms with Crippen LogP contribution >= 0.6 is 0 Å². The summed E-state index contributed by atoms with van der Waals surface area (Å²) in [4.78, 5) is 0. The topological polar surface area (TPSA) is 60.7 Å². The van der Waals surface area contributed by atoms with Gasteiger partial charge in [-0.05, 0) is 35.7 Å². The minimum absolute atomic E-state index is 0.0303. The Labute approximate surface area is 99.6 Å². The molecule has 0 bridgehead atoms. The van der Waals surface area contributed by atoms with Crippen molar-refractivity contribution in [3.8, 4) is 28.4 Å². The lowest BCUT2D eigenvalue weighted by Gasteiger charge is -2.11. The first-order valence-electron chi connectivity index (χ1n) is 5.46. The smallest absolute Gasteiger partial charge is 0.123 e. The zero-order chi connectivity index (χ0) is 12.4. The Kier molecular flexibility index (Phi) is 2.91. The third-order valence-electron chi connectivity index (χ3n) is 2.74. The van der Waals surface area contributed by atoms with Crippen molar-refractivity contribution >= 4 is 0 Å². The second kappa shape index (κ2) is 4.37. The summed E-state index contributed by atoms with van der Waals surface area (Å²) in [5.41, 5.74) is 2.42. The second-order valence-electron chi connectivity index (χ2n) is 3.89. The van der Waals surface area contributed by atoms with E-state index in [-0.39, 0.29) is 17.2 Å². The highest BCUT2D eigenvalue weighted by molar-refractivity contribution is 5.72. The van der Waals surface area contributed by atoms with E-state index in [0.29, 0.717) is 6.42 Å². The molecule has 3 nitrogen and oxygen atoms in total. The van der Waals surface area contributed by atoms with Gasteiger partial charge in [-0.2, -0.15) is 0 Å². The van der Waals surface area contributed by atoms with Crippen LogP contribution in [0.15, 0.2) is 36.4 Å². The molecule has 0 unspecified atom stereocenters. The van der Waals surface area contributed by atoms with E-state index in [9.17, 15) is 15.3 Å². The molecule has 88 valence electrons. The highest BCUT2D eigenvalue weighted by Crippen LogP contribution is 2.35. The van der Waals surface area contributed by atoms with E-state index in [2.05, 4.69) is 0 Å². The number of benzene rings is 2. The number of hydrogen-bond donors (Lipinski definition) is 3. The van der Waals surface area contributed by atoms with Crippen molar-refractivity contribution < 1.29 is 15.3 Å². The fourth-order valence-electron chi connectivity index (χ4n) is 1.91. The van der Waals surface area contributed by atoms with Crippen molar-refractivity contribution in [2.75, 3.05) is 0 Å². The van der Waals surface area contributed by atoms with E-state index in [1.165, 1.54) is 6.07 Å². The summed E-state index contributed by atoms with van der Waals surface area (Å²) in [6.45, 7) is 1.94. The normalized spacial score (nSPS) is 10.4. The zero-order valence-electron chi connectivity index (χ0n) is 9.51. The van der Waals surface area contributed by atoms with Crippen molar-refractivity contribution in [3.05, 3.63) is 42.0 Å². The molecule has 3 N–H and O–H groups in total. The molecule has 0 saturated carbocycles. The molecule has 0 spiro atoms. The standard InChI is InChI=1S/C14H14O3/c1-2-12-13(7-11(16)8-14(12)17)9-3-5-10(15)6-4-9/h3-8,15-17H,2H2,1H3. The molecule has 0 radical (unpaired) electrons. The quantitative estimate of drug-likeness (QED) is 0.743. The van der Waals surface area contributed by atoms with Gasteiger partial charge in [0.05, 0.1) is 0 Å². The van der Waals surface area contributed by atoms with E-state index >= 15 is 0 Å². The maximum atomic E-state index is 9.78. The van der Waals surface area contributed by atoms with Gasteiger partial charge in [-0.15, -0.1) is 0 Å². The third kappa shape index (κ3) is 2.18. The van der Waals surface area contributed by atoms with Crippen LogP contribution in [0.3, 0.4) is 0 Å². The Morgan fingerprint density at radius 2 is 1.53 bits per heavy atom. The first-order valence-corrected chi connectivity index (χ1v) is 5.46. The molecule has 0 fully saturated rings. The van der Waals surface area contributed by atoms with Crippen LogP contribution < -0.4 is 0 Å². The van der Waals surface area contributed by atoms with Crippen molar-refractivity contribution in [3.63, 3.8) is 0 Å². The summed E-state index contributed by atoms with van der Waals surface area (Å²) < 4.78 is 0. The molecule has 0 aliphatic rings. The lowest BCUT2D eigenvalue weighted by atomic mass is 9.97. The SMILES string of the molecule is CCc1c(O)cc(O)cc1-c1ccc(O)cc1. The van der Waals surface area contributed by atoms with E-state index < -0.39 is 0 Å². The summed E-state index contributed by atoms with van der Waals surface area (Å²) in [5.74, 6) is 0.314. The first kappa shape index (κ1) is 11.3. The summed E-state index contributed by atoms with van der Waals surface area (Å²) in [6, 6.07) is 9.62. The molecular formula is C14H14O3. The van der Waals surface area contributed by atoms with Crippen LogP contribution in [0.25, 0.3) is 11.1 Å². The second-order valence-corrected chi connectivity index (χ2v) is 3.89. The van der Waals surface area contributed by atoms with Crippen LogP contribution in [-0.2, 0) is 6.42 Å². The van der Waals surface area contributed by atoms with Gasteiger partial charge >= 0.3 is 0 Å². The lowest BCUT2D eigenvalue weighted by Crippen LogP contribution is -1.88. The molecule has 0 aromatic heterocycles. The van der Waals surface area contributed by atoms with Crippen molar-refractivity contribution in [1.29, 1.82) is 0 Å². The highest BCUT2D eigenvalue weighted by Gasteiger charge is 2.10. The highest BCUT2D eigenvalue weighted by atomic mass is 16.3. The number of aromatic hydroxyl groups is 3. The fourth-order valence-corrected chi connectivity index (χ4v) is 1.91. The first-order chi connectivity index (χ1) is 8.11. The van der Waals surface area contributed by atoms with Crippen LogP contribution in [-0.4, -0.2) is 15.3 Å². The Morgan fingerprint density at radius 3 is 2.12 bits per heavy atom. The Morgan fingerprint density at radius 1 is 0.882 bits per heavy atom. The molecule has 0 atom stereocenters. The van der Waals surface area contributed by atoms with Crippen LogP contribution in [0, 0.1) is 0 Å². The number of rotatable bonds is 2. The van der Waals surface area contributed by atoms with Crippen LogP contribution in [0.2, 0.25) is 0 Å². The van der Waals surface area contributed by atoms with E-state index in [4.69, 9.17) is 0 Å². The number of hydrogen-bond acceptors (Lipinski definition) is 3. The number of phenolic OH excluding ortho intramolecular Hbond substituents is 3. The molecule has 0 aliphatic heterocycles. The van der Waals surface area contributed by atoms with Crippen LogP contribution in [0.5, 0.6) is 17.2 Å². The third-order valence-corrected chi connectivity index (χ3v) is 2.74. The van der Waals surface area contributed by atoms with Crippen LogP contribution in [0.4, 0.5) is 0 Å². The van der Waals surface area contributed by atoms with Gasteiger partial charge in [0.1, 0.15) is 17.2 Å². The number of phenols is 3. The van der Waals surface area contributed by atoms with Gasteiger partial charge in [0, 0.05) is 11.6 Å². The van der Waals surface area contributed by atoms with Gasteiger partial charge in [-0.3, -0.25) is 0 Å². The Hall–Kier alpha value is -2.16. The molecule has 2 aromatic carbocycles. The Balaban J connectivity index is 2.61. The summed E-state index contributed by atoms with van der Waals surface area (Å²) in [5, 5.41) is 28.5. The minimum Gasteiger partial charge on any atom is -0.508 e. The maximum Gasteiger partial charge on any atom is 0.123 e. The monoisotopic (exact) mass is 230 g/mol. The minimum atomic E-state index is 0.0303. The molecular weight excluding hydrogens is 216 g/mol. The zero-order valence-corrected chi connectivity index (χ0v) is 9.51. The molecule has 0 aliphatic carbocycles. The largest absolute Gasteiger partial charge is 0.508 e. The van der Waals surface area contributed by atoms with Crippen molar-refractivity contribution in [1.82, 2.24) is 0 Å². The average Bonchev–Trinajstić information content (AvgIpc) is 2.29. The average molecular weight is 230 g/mol. The van der Waals surface area contributed by atoms with Gasteiger partial charge in [0.2, 0.25) is 0 Å². The molecule has 17 heavy (non-hydrogen) atoms. The van der Waals surface area contributed by atoms with E-state index in [1.807, 2.05) is 6.92 Å². The molecule has 0 saturated heterocycles. The summed E-state index contributed by atoms with van der Waals surface area (Å²) in [7, 11) is 0. The molecule has 0 heterocycles. The predicted octanol–water partition coefficient (Wildman–Crippen LogP) is 3.03. The molecule has 0 amide bonds. The summed E-state index contributed by atoms with van der Waals surface area (Å²) >= 11 is 0. The van der Waals surface area contributed by atoms with Gasteiger partial charge in [-0.25, -0.2) is 0 Å². The molecule has 2 aromatic rings. The summed E-state index contributed by atoms with van der Waals surface area (Å²) in [6.07, 6.45) is 0.669.